The van der Waals surface area contributed by atoms with Crippen LogP contribution in [0.4, 0.5) is 0 Å². The van der Waals surface area contributed by atoms with E-state index in [0.29, 0.717) is 16.5 Å². The van der Waals surface area contributed by atoms with Gasteiger partial charge in [0.25, 0.3) is 5.91 Å². The molecule has 2 aromatic carbocycles. The molecule has 144 valence electrons. The molecule has 8 heteroatoms. The maximum absolute atomic E-state index is 12.0. The molecule has 0 radical (unpaired) electrons. The van der Waals surface area contributed by atoms with Gasteiger partial charge in [-0.05, 0) is 31.2 Å². The largest absolute Gasteiger partial charge is 0.496 e. The zero-order valence-electron chi connectivity index (χ0n) is 14.8. The number of rotatable bonds is 8. The minimum Gasteiger partial charge on any atom is -0.496 e. The zero-order chi connectivity index (χ0) is 19.8. The van der Waals surface area contributed by atoms with E-state index in [1.165, 1.54) is 13.0 Å². The van der Waals surface area contributed by atoms with Gasteiger partial charge in [-0.25, -0.2) is 4.79 Å². The first-order valence-electron chi connectivity index (χ1n) is 8.07. The highest BCUT2D eigenvalue weighted by Gasteiger charge is 2.19. The molecular formula is C19H19Cl2NO5. The Morgan fingerprint density at radius 1 is 1.11 bits per heavy atom. The topological polar surface area (TPSA) is 73.9 Å². The fraction of sp³-hybridized carbons (Fsp3) is 0.263. The quantitative estimate of drug-likeness (QED) is 0.671. The summed E-state index contributed by atoms with van der Waals surface area (Å²) in [5.41, 5.74) is 0.814. The summed E-state index contributed by atoms with van der Waals surface area (Å²) in [6.07, 6.45) is -0.939. The van der Waals surface area contributed by atoms with Crippen molar-refractivity contribution in [3.63, 3.8) is 0 Å². The van der Waals surface area contributed by atoms with Crippen molar-refractivity contribution in [1.82, 2.24) is 5.32 Å². The lowest BCUT2D eigenvalue weighted by Crippen LogP contribution is -2.32. The minimum absolute atomic E-state index is 0.257. The number of amides is 1. The fourth-order valence-electron chi connectivity index (χ4n) is 2.16. The second-order valence-electron chi connectivity index (χ2n) is 5.53. The fourth-order valence-corrected chi connectivity index (χ4v) is 2.61. The number of methoxy groups -OCH3 is 1. The van der Waals surface area contributed by atoms with Gasteiger partial charge in [-0.3, -0.25) is 4.79 Å². The summed E-state index contributed by atoms with van der Waals surface area (Å²) in [6, 6.07) is 11.9. The van der Waals surface area contributed by atoms with Crippen LogP contribution in [0.15, 0.2) is 42.5 Å². The van der Waals surface area contributed by atoms with Gasteiger partial charge in [0.1, 0.15) is 11.5 Å². The summed E-state index contributed by atoms with van der Waals surface area (Å²) < 4.78 is 15.6. The maximum Gasteiger partial charge on any atom is 0.347 e. The van der Waals surface area contributed by atoms with Crippen LogP contribution in [0.3, 0.4) is 0 Å². The maximum atomic E-state index is 12.0. The number of nitrogens with one attached hydrogen (secondary N) is 1. The summed E-state index contributed by atoms with van der Waals surface area (Å²) >= 11 is 11.8. The van der Waals surface area contributed by atoms with E-state index in [1.54, 1.807) is 25.3 Å². The summed E-state index contributed by atoms with van der Waals surface area (Å²) in [7, 11) is 1.55. The van der Waals surface area contributed by atoms with Crippen molar-refractivity contribution in [1.29, 1.82) is 0 Å². The number of hydrogen-bond acceptors (Lipinski definition) is 5. The molecule has 0 saturated carbocycles. The lowest BCUT2D eigenvalue weighted by atomic mass is 10.2. The highest BCUT2D eigenvalue weighted by Crippen LogP contribution is 2.28. The van der Waals surface area contributed by atoms with Crippen LogP contribution in [0.5, 0.6) is 11.5 Å². The Labute approximate surface area is 167 Å². The van der Waals surface area contributed by atoms with E-state index >= 15 is 0 Å². The molecule has 2 rings (SSSR count). The first kappa shape index (κ1) is 20.9. The van der Waals surface area contributed by atoms with Gasteiger partial charge in [0.05, 0.1) is 12.1 Å². The van der Waals surface area contributed by atoms with Gasteiger partial charge in [0.15, 0.2) is 12.7 Å². The van der Waals surface area contributed by atoms with Crippen molar-refractivity contribution < 1.29 is 23.8 Å². The molecule has 27 heavy (non-hydrogen) atoms. The smallest absolute Gasteiger partial charge is 0.347 e. The Morgan fingerprint density at radius 3 is 2.56 bits per heavy atom. The van der Waals surface area contributed by atoms with Crippen molar-refractivity contribution in [2.24, 2.45) is 0 Å². The Balaban J connectivity index is 1.79. The summed E-state index contributed by atoms with van der Waals surface area (Å²) in [5, 5.41) is 3.39. The minimum atomic E-state index is -0.939. The van der Waals surface area contributed by atoms with E-state index in [1.807, 2.05) is 18.2 Å². The van der Waals surface area contributed by atoms with Gasteiger partial charge in [-0.1, -0.05) is 41.4 Å². The molecule has 1 N–H and O–H groups in total. The van der Waals surface area contributed by atoms with Crippen molar-refractivity contribution in [2.45, 2.75) is 19.6 Å². The van der Waals surface area contributed by atoms with Crippen LogP contribution in [-0.2, 0) is 20.9 Å². The van der Waals surface area contributed by atoms with E-state index in [-0.39, 0.29) is 11.6 Å². The Kier molecular flexibility index (Phi) is 7.76. The molecule has 6 nitrogen and oxygen atoms in total. The van der Waals surface area contributed by atoms with Crippen molar-refractivity contribution >= 4 is 35.1 Å². The Morgan fingerprint density at radius 2 is 1.85 bits per heavy atom. The van der Waals surface area contributed by atoms with Crippen LogP contribution in [0.2, 0.25) is 10.0 Å². The number of benzene rings is 2. The predicted octanol–water partition coefficient (Wildman–Crippen LogP) is 3.63. The molecule has 0 aromatic heterocycles. The number of para-hydroxylation sites is 1. The summed E-state index contributed by atoms with van der Waals surface area (Å²) in [6.45, 7) is 1.34. The highest BCUT2D eigenvalue weighted by molar-refractivity contribution is 6.35. The van der Waals surface area contributed by atoms with E-state index in [2.05, 4.69) is 5.32 Å². The van der Waals surface area contributed by atoms with E-state index < -0.39 is 24.6 Å². The highest BCUT2D eigenvalue weighted by atomic mass is 35.5. The van der Waals surface area contributed by atoms with Gasteiger partial charge in [-0.2, -0.15) is 0 Å². The molecule has 0 saturated heterocycles. The van der Waals surface area contributed by atoms with E-state index in [9.17, 15) is 9.59 Å². The van der Waals surface area contributed by atoms with Crippen molar-refractivity contribution in [3.8, 4) is 11.5 Å². The van der Waals surface area contributed by atoms with Gasteiger partial charge < -0.3 is 19.5 Å². The number of esters is 1. The Hall–Kier alpha value is -2.44. The second kappa shape index (κ2) is 10.0. The lowest BCUT2D eigenvalue weighted by Gasteiger charge is -2.15. The van der Waals surface area contributed by atoms with Crippen LogP contribution < -0.4 is 14.8 Å². The third-order valence-electron chi connectivity index (χ3n) is 3.54. The first-order chi connectivity index (χ1) is 12.9. The molecule has 0 aliphatic carbocycles. The second-order valence-corrected chi connectivity index (χ2v) is 6.37. The number of ether oxygens (including phenoxy) is 3. The van der Waals surface area contributed by atoms with Crippen molar-refractivity contribution in [2.75, 3.05) is 13.7 Å². The normalized spacial score (nSPS) is 11.4. The molecule has 0 aliphatic heterocycles. The molecule has 0 unspecified atom stereocenters. The van der Waals surface area contributed by atoms with Crippen LogP contribution >= 0.6 is 23.2 Å². The first-order valence-corrected chi connectivity index (χ1v) is 8.83. The van der Waals surface area contributed by atoms with Crippen molar-refractivity contribution in [3.05, 3.63) is 58.1 Å². The van der Waals surface area contributed by atoms with Gasteiger partial charge in [0, 0.05) is 17.1 Å². The lowest BCUT2D eigenvalue weighted by molar-refractivity contribution is -0.154. The van der Waals surface area contributed by atoms with Gasteiger partial charge >= 0.3 is 5.97 Å². The third-order valence-corrected chi connectivity index (χ3v) is 4.07. The Bertz CT molecular complexity index is 812. The molecule has 2 aromatic rings. The number of halogens is 2. The summed E-state index contributed by atoms with van der Waals surface area (Å²) in [4.78, 5) is 23.9. The molecule has 0 aliphatic rings. The molecule has 0 fully saturated rings. The molecule has 1 atom stereocenters. The van der Waals surface area contributed by atoms with Gasteiger partial charge in [0.2, 0.25) is 0 Å². The standard InChI is InChI=1S/C19H19Cl2NO5/c1-12(27-17-8-7-14(20)9-15(17)21)19(24)26-11-18(23)22-10-13-5-3-4-6-16(13)25-2/h3-9,12H,10-11H2,1-2H3,(H,22,23)/t12-/m1/s1. The van der Waals surface area contributed by atoms with Gasteiger partial charge in [-0.15, -0.1) is 0 Å². The molecule has 0 bridgehead atoms. The number of hydrogen-bond donors (Lipinski definition) is 1. The number of carbonyl (C=O) groups excluding carboxylic acids is 2. The molecular weight excluding hydrogens is 393 g/mol. The van der Waals surface area contributed by atoms with Crippen LogP contribution in [0.25, 0.3) is 0 Å². The third kappa shape index (κ3) is 6.34. The average molecular weight is 412 g/mol. The van der Waals surface area contributed by atoms with E-state index in [4.69, 9.17) is 37.4 Å². The van der Waals surface area contributed by atoms with Crippen LogP contribution in [0.1, 0.15) is 12.5 Å². The zero-order valence-corrected chi connectivity index (χ0v) is 16.3. The van der Waals surface area contributed by atoms with Crippen LogP contribution in [0, 0.1) is 0 Å². The SMILES string of the molecule is COc1ccccc1CNC(=O)COC(=O)[C@@H](C)Oc1ccc(Cl)cc1Cl. The molecule has 0 heterocycles. The average Bonchev–Trinajstić information content (AvgIpc) is 2.66. The molecule has 0 spiro atoms. The summed E-state index contributed by atoms with van der Waals surface area (Å²) in [5.74, 6) is -0.165. The molecule has 1 amide bonds. The van der Waals surface area contributed by atoms with Crippen LogP contribution in [-0.4, -0.2) is 31.7 Å². The monoisotopic (exact) mass is 411 g/mol. The number of carbonyl (C=O) groups is 2. The van der Waals surface area contributed by atoms with E-state index in [0.717, 1.165) is 5.56 Å². The predicted molar refractivity (Wildman–Crippen MR) is 102 cm³/mol.